The highest BCUT2D eigenvalue weighted by atomic mass is 32.2. The standard InChI is InChI=1S/C19H24N2O3S/c22-15-1-3-16(4-2-15)25-11-17(23)20-18(24)21-19-8-12-5-13(9-19)7-14(6-12)10-19/h1-4,12-14,22H,5-11H2,(H2,20,21,23,24). The monoisotopic (exact) mass is 360 g/mol. The zero-order chi connectivity index (χ0) is 17.4. The van der Waals surface area contributed by atoms with Crippen molar-refractivity contribution in [3.8, 4) is 5.75 Å². The van der Waals surface area contributed by atoms with Gasteiger partial charge < -0.3 is 10.4 Å². The van der Waals surface area contributed by atoms with Crippen LogP contribution in [0.5, 0.6) is 5.75 Å². The molecule has 0 atom stereocenters. The maximum atomic E-state index is 12.3. The Bertz CT molecular complexity index is 638. The molecule has 0 saturated heterocycles. The van der Waals surface area contributed by atoms with Crippen molar-refractivity contribution >= 4 is 23.7 Å². The van der Waals surface area contributed by atoms with E-state index in [9.17, 15) is 14.7 Å². The van der Waals surface area contributed by atoms with E-state index in [1.807, 2.05) is 0 Å². The van der Waals surface area contributed by atoms with Crippen LogP contribution in [0.4, 0.5) is 4.79 Å². The molecule has 0 aromatic heterocycles. The van der Waals surface area contributed by atoms with Crippen LogP contribution in [0.2, 0.25) is 0 Å². The second kappa shape index (κ2) is 6.56. The van der Waals surface area contributed by atoms with Gasteiger partial charge in [0.15, 0.2) is 0 Å². The van der Waals surface area contributed by atoms with Gasteiger partial charge in [0.1, 0.15) is 5.75 Å². The third kappa shape index (κ3) is 3.78. The molecule has 4 fully saturated rings. The van der Waals surface area contributed by atoms with Crippen LogP contribution in [-0.4, -0.2) is 28.3 Å². The molecule has 134 valence electrons. The molecule has 0 heterocycles. The Hall–Kier alpha value is -1.69. The Morgan fingerprint density at radius 1 is 1.04 bits per heavy atom. The summed E-state index contributed by atoms with van der Waals surface area (Å²) in [6.45, 7) is 0. The van der Waals surface area contributed by atoms with E-state index >= 15 is 0 Å². The van der Waals surface area contributed by atoms with Crippen LogP contribution in [-0.2, 0) is 4.79 Å². The van der Waals surface area contributed by atoms with Crippen LogP contribution in [0.15, 0.2) is 29.2 Å². The van der Waals surface area contributed by atoms with Crippen molar-refractivity contribution in [3.63, 3.8) is 0 Å². The van der Waals surface area contributed by atoms with Gasteiger partial charge in [-0.2, -0.15) is 0 Å². The zero-order valence-corrected chi connectivity index (χ0v) is 15.0. The van der Waals surface area contributed by atoms with Gasteiger partial charge >= 0.3 is 6.03 Å². The Morgan fingerprint density at radius 3 is 2.16 bits per heavy atom. The first kappa shape index (κ1) is 16.8. The highest BCUT2D eigenvalue weighted by Gasteiger charge is 2.51. The molecule has 0 spiro atoms. The number of thioether (sulfide) groups is 1. The number of hydrogen-bond acceptors (Lipinski definition) is 4. The normalized spacial score (nSPS) is 32.4. The molecule has 4 aliphatic rings. The van der Waals surface area contributed by atoms with E-state index in [-0.39, 0.29) is 29.0 Å². The summed E-state index contributed by atoms with van der Waals surface area (Å²) < 4.78 is 0. The minimum absolute atomic E-state index is 0.0801. The molecule has 0 aliphatic heterocycles. The number of rotatable bonds is 4. The molecular weight excluding hydrogens is 336 g/mol. The molecule has 4 saturated carbocycles. The molecule has 4 bridgehead atoms. The lowest BCUT2D eigenvalue weighted by molar-refractivity contribution is -0.117. The van der Waals surface area contributed by atoms with Gasteiger partial charge in [-0.25, -0.2) is 4.79 Å². The van der Waals surface area contributed by atoms with E-state index in [1.54, 1.807) is 24.3 Å². The largest absolute Gasteiger partial charge is 0.508 e. The average molecular weight is 360 g/mol. The van der Waals surface area contributed by atoms with Crippen molar-refractivity contribution in [2.45, 2.75) is 49.0 Å². The van der Waals surface area contributed by atoms with E-state index in [0.29, 0.717) is 0 Å². The number of phenolic OH excluding ortho intramolecular Hbond substituents is 1. The van der Waals surface area contributed by atoms with Crippen molar-refractivity contribution in [1.82, 2.24) is 10.6 Å². The first-order valence-electron chi connectivity index (χ1n) is 9.03. The highest BCUT2D eigenvalue weighted by molar-refractivity contribution is 8.00. The SMILES string of the molecule is O=C(CSc1ccc(O)cc1)NC(=O)NC12CC3CC(CC(C3)C1)C2. The van der Waals surface area contributed by atoms with E-state index in [0.717, 1.165) is 41.9 Å². The van der Waals surface area contributed by atoms with E-state index in [1.165, 1.54) is 31.0 Å². The lowest BCUT2D eigenvalue weighted by atomic mass is 9.53. The number of benzene rings is 1. The lowest BCUT2D eigenvalue weighted by Crippen LogP contribution is -2.61. The third-order valence-electron chi connectivity index (χ3n) is 5.88. The van der Waals surface area contributed by atoms with Gasteiger partial charge in [-0.05, 0) is 80.5 Å². The van der Waals surface area contributed by atoms with Gasteiger partial charge in [-0.1, -0.05) is 0 Å². The maximum Gasteiger partial charge on any atom is 0.321 e. The molecule has 1 aromatic carbocycles. The first-order valence-corrected chi connectivity index (χ1v) is 10.0. The Balaban J connectivity index is 1.27. The van der Waals surface area contributed by atoms with Crippen molar-refractivity contribution < 1.29 is 14.7 Å². The molecule has 0 unspecified atom stereocenters. The first-order chi connectivity index (χ1) is 12.0. The number of carbonyl (C=O) groups excluding carboxylic acids is 2. The van der Waals surface area contributed by atoms with E-state index in [2.05, 4.69) is 10.6 Å². The van der Waals surface area contributed by atoms with E-state index < -0.39 is 0 Å². The summed E-state index contributed by atoms with van der Waals surface area (Å²) in [6, 6.07) is 6.32. The average Bonchev–Trinajstić information content (AvgIpc) is 2.52. The predicted octanol–water partition coefficient (Wildman–Crippen LogP) is 3.28. The molecule has 6 heteroatoms. The lowest BCUT2D eigenvalue weighted by Gasteiger charge is -2.56. The Kier molecular flexibility index (Phi) is 4.40. The fraction of sp³-hybridized carbons (Fsp3) is 0.579. The molecule has 4 aliphatic carbocycles. The summed E-state index contributed by atoms with van der Waals surface area (Å²) in [5.41, 5.74) is -0.0801. The van der Waals surface area contributed by atoms with Crippen molar-refractivity contribution in [2.24, 2.45) is 17.8 Å². The van der Waals surface area contributed by atoms with Crippen LogP contribution >= 0.6 is 11.8 Å². The summed E-state index contributed by atoms with van der Waals surface area (Å²) in [5.74, 6) is 2.36. The molecule has 1 aromatic rings. The number of carbonyl (C=O) groups is 2. The van der Waals surface area contributed by atoms with Crippen molar-refractivity contribution in [1.29, 1.82) is 0 Å². The Morgan fingerprint density at radius 2 is 1.60 bits per heavy atom. The molecular formula is C19H24N2O3S. The number of imide groups is 1. The van der Waals surface area contributed by atoms with Crippen LogP contribution in [0.3, 0.4) is 0 Å². The summed E-state index contributed by atoms with van der Waals surface area (Å²) in [5, 5.41) is 14.9. The highest BCUT2D eigenvalue weighted by Crippen LogP contribution is 2.55. The van der Waals surface area contributed by atoms with Gasteiger partial charge in [0, 0.05) is 10.4 Å². The zero-order valence-electron chi connectivity index (χ0n) is 14.2. The van der Waals surface area contributed by atoms with Gasteiger partial charge in [0.2, 0.25) is 5.91 Å². The van der Waals surface area contributed by atoms with Gasteiger partial charge in [0.25, 0.3) is 0 Å². The molecule has 25 heavy (non-hydrogen) atoms. The summed E-state index contributed by atoms with van der Waals surface area (Å²) in [7, 11) is 0. The van der Waals surface area contributed by atoms with Crippen LogP contribution in [0.1, 0.15) is 38.5 Å². The van der Waals surface area contributed by atoms with Crippen molar-refractivity contribution in [2.75, 3.05) is 5.75 Å². The summed E-state index contributed by atoms with van der Waals surface area (Å²) >= 11 is 1.35. The second-order valence-corrected chi connectivity index (χ2v) is 9.03. The number of amides is 3. The van der Waals surface area contributed by atoms with Gasteiger partial charge in [-0.15, -0.1) is 11.8 Å². The van der Waals surface area contributed by atoms with Crippen LogP contribution in [0.25, 0.3) is 0 Å². The minimum Gasteiger partial charge on any atom is -0.508 e. The summed E-state index contributed by atoms with van der Waals surface area (Å²) in [4.78, 5) is 25.2. The molecule has 5 rings (SSSR count). The third-order valence-corrected chi connectivity index (χ3v) is 6.89. The Labute approximate surface area is 151 Å². The number of nitrogens with one attached hydrogen (secondary N) is 2. The predicted molar refractivity (Wildman–Crippen MR) is 96.4 cm³/mol. The fourth-order valence-electron chi connectivity index (χ4n) is 5.39. The van der Waals surface area contributed by atoms with Crippen LogP contribution in [0, 0.1) is 17.8 Å². The molecule has 3 amide bonds. The van der Waals surface area contributed by atoms with Crippen LogP contribution < -0.4 is 10.6 Å². The minimum atomic E-state index is -0.349. The fourth-order valence-corrected chi connectivity index (χ4v) is 6.09. The second-order valence-electron chi connectivity index (χ2n) is 7.98. The number of aromatic hydroxyl groups is 1. The van der Waals surface area contributed by atoms with Gasteiger partial charge in [-0.3, -0.25) is 10.1 Å². The number of hydrogen-bond donors (Lipinski definition) is 3. The van der Waals surface area contributed by atoms with Crippen molar-refractivity contribution in [3.05, 3.63) is 24.3 Å². The number of phenols is 1. The number of urea groups is 1. The summed E-state index contributed by atoms with van der Waals surface area (Å²) in [6.07, 6.45) is 7.19. The van der Waals surface area contributed by atoms with Gasteiger partial charge in [0.05, 0.1) is 5.75 Å². The maximum absolute atomic E-state index is 12.3. The molecule has 3 N–H and O–H groups in total. The molecule has 5 nitrogen and oxygen atoms in total. The smallest absolute Gasteiger partial charge is 0.321 e. The van der Waals surface area contributed by atoms with E-state index in [4.69, 9.17) is 0 Å². The topological polar surface area (TPSA) is 78.4 Å². The molecule has 0 radical (unpaired) electrons. The quantitative estimate of drug-likeness (QED) is 0.720.